The molecule has 5 nitrogen and oxygen atoms in total. The van der Waals surface area contributed by atoms with Crippen LogP contribution in [0.1, 0.15) is 5.56 Å². The Bertz CT molecular complexity index is 915. The van der Waals surface area contributed by atoms with E-state index in [-0.39, 0.29) is 5.91 Å². The van der Waals surface area contributed by atoms with Gasteiger partial charge in [0.1, 0.15) is 0 Å². The first kappa shape index (κ1) is 18.7. The predicted molar refractivity (Wildman–Crippen MR) is 116 cm³/mol. The summed E-state index contributed by atoms with van der Waals surface area (Å²) < 4.78 is 0. The van der Waals surface area contributed by atoms with Crippen LogP contribution in [0, 0.1) is 6.92 Å². The number of carbonyl (C=O) groups is 1. The standard InChI is InChI=1S/C22H24N4OS/c1-17-7-9-19(10-8-17)26-13-11-25(12-14-26)15-21(27)24-22-23-20(16-28-22)18-5-3-2-4-6-18/h2-10,16H,11-15H2,1H3,(H,23,24,27). The first-order chi connectivity index (χ1) is 13.7. The number of hydrogen-bond acceptors (Lipinski definition) is 5. The summed E-state index contributed by atoms with van der Waals surface area (Å²) in [5, 5.41) is 5.57. The Morgan fingerprint density at radius 3 is 2.46 bits per heavy atom. The minimum Gasteiger partial charge on any atom is -0.369 e. The second kappa shape index (κ2) is 8.54. The van der Waals surface area contributed by atoms with Crippen molar-refractivity contribution >= 4 is 28.1 Å². The molecule has 144 valence electrons. The highest BCUT2D eigenvalue weighted by molar-refractivity contribution is 7.14. The van der Waals surface area contributed by atoms with Crippen LogP contribution in [0.2, 0.25) is 0 Å². The Hall–Kier alpha value is -2.70. The minimum atomic E-state index is -0.00209. The second-order valence-corrected chi connectivity index (χ2v) is 7.91. The van der Waals surface area contributed by atoms with Gasteiger partial charge in [0, 0.05) is 42.8 Å². The van der Waals surface area contributed by atoms with Crippen molar-refractivity contribution in [2.45, 2.75) is 6.92 Å². The number of aromatic nitrogens is 1. The molecule has 1 saturated heterocycles. The summed E-state index contributed by atoms with van der Waals surface area (Å²) in [5.74, 6) is -0.00209. The van der Waals surface area contributed by atoms with E-state index in [1.54, 1.807) is 0 Å². The van der Waals surface area contributed by atoms with Gasteiger partial charge in [-0.15, -0.1) is 11.3 Å². The molecule has 2 heterocycles. The number of hydrogen-bond donors (Lipinski definition) is 1. The molecule has 0 spiro atoms. The Morgan fingerprint density at radius 2 is 1.75 bits per heavy atom. The monoisotopic (exact) mass is 392 g/mol. The lowest BCUT2D eigenvalue weighted by molar-refractivity contribution is -0.117. The zero-order chi connectivity index (χ0) is 19.3. The molecular weight excluding hydrogens is 368 g/mol. The van der Waals surface area contributed by atoms with Crippen molar-refractivity contribution in [1.82, 2.24) is 9.88 Å². The lowest BCUT2D eigenvalue weighted by atomic mass is 10.2. The van der Waals surface area contributed by atoms with Gasteiger partial charge >= 0.3 is 0 Å². The third kappa shape index (κ3) is 4.58. The molecule has 0 unspecified atom stereocenters. The van der Waals surface area contributed by atoms with E-state index in [4.69, 9.17) is 0 Å². The fraction of sp³-hybridized carbons (Fsp3) is 0.273. The fourth-order valence-electron chi connectivity index (χ4n) is 3.35. The summed E-state index contributed by atoms with van der Waals surface area (Å²) in [5.41, 5.74) is 4.49. The second-order valence-electron chi connectivity index (χ2n) is 7.05. The van der Waals surface area contributed by atoms with Crippen LogP contribution >= 0.6 is 11.3 Å². The van der Waals surface area contributed by atoms with Crippen LogP contribution < -0.4 is 10.2 Å². The number of aryl methyl sites for hydroxylation is 1. The van der Waals surface area contributed by atoms with Crippen LogP contribution in [0.4, 0.5) is 10.8 Å². The van der Waals surface area contributed by atoms with Gasteiger partial charge in [-0.05, 0) is 19.1 Å². The van der Waals surface area contributed by atoms with Gasteiger partial charge in [-0.2, -0.15) is 0 Å². The normalized spacial score (nSPS) is 14.8. The zero-order valence-corrected chi connectivity index (χ0v) is 16.8. The van der Waals surface area contributed by atoms with Crippen LogP contribution in [0.15, 0.2) is 60.0 Å². The molecule has 1 fully saturated rings. The van der Waals surface area contributed by atoms with E-state index in [1.807, 2.05) is 35.7 Å². The lowest BCUT2D eigenvalue weighted by Gasteiger charge is -2.35. The summed E-state index contributed by atoms with van der Waals surface area (Å²) in [6.45, 7) is 6.15. The van der Waals surface area contributed by atoms with E-state index in [2.05, 4.69) is 51.3 Å². The molecule has 1 N–H and O–H groups in total. The van der Waals surface area contributed by atoms with Crippen LogP contribution in [0.25, 0.3) is 11.3 Å². The van der Waals surface area contributed by atoms with Gasteiger partial charge in [-0.1, -0.05) is 48.0 Å². The maximum Gasteiger partial charge on any atom is 0.240 e. The van der Waals surface area contributed by atoms with Gasteiger partial charge in [-0.3, -0.25) is 9.69 Å². The molecular formula is C22H24N4OS. The highest BCUT2D eigenvalue weighted by Crippen LogP contribution is 2.24. The van der Waals surface area contributed by atoms with E-state index in [0.29, 0.717) is 11.7 Å². The molecule has 1 amide bonds. The molecule has 1 aliphatic rings. The van der Waals surface area contributed by atoms with Crippen molar-refractivity contribution in [3.8, 4) is 11.3 Å². The van der Waals surface area contributed by atoms with Gasteiger partial charge in [0.25, 0.3) is 0 Å². The molecule has 1 aromatic heterocycles. The van der Waals surface area contributed by atoms with Gasteiger partial charge in [0.05, 0.1) is 12.2 Å². The number of piperazine rings is 1. The molecule has 0 bridgehead atoms. The number of anilines is 2. The third-order valence-corrected chi connectivity index (χ3v) is 5.72. The molecule has 28 heavy (non-hydrogen) atoms. The van der Waals surface area contributed by atoms with E-state index in [0.717, 1.165) is 37.4 Å². The smallest absolute Gasteiger partial charge is 0.240 e. The van der Waals surface area contributed by atoms with Gasteiger partial charge in [-0.25, -0.2) is 4.98 Å². The SMILES string of the molecule is Cc1ccc(N2CCN(CC(=O)Nc3nc(-c4ccccc4)cs3)CC2)cc1. The summed E-state index contributed by atoms with van der Waals surface area (Å²) >= 11 is 1.46. The molecule has 0 saturated carbocycles. The highest BCUT2D eigenvalue weighted by atomic mass is 32.1. The molecule has 0 radical (unpaired) electrons. The quantitative estimate of drug-likeness (QED) is 0.716. The Morgan fingerprint density at radius 1 is 1.04 bits per heavy atom. The summed E-state index contributed by atoms with van der Waals surface area (Å²) in [7, 11) is 0. The van der Waals surface area contributed by atoms with Crippen molar-refractivity contribution in [2.24, 2.45) is 0 Å². The Labute approximate surface area is 169 Å². The van der Waals surface area contributed by atoms with E-state index in [1.165, 1.54) is 22.6 Å². The number of rotatable bonds is 5. The van der Waals surface area contributed by atoms with Crippen LogP contribution in [0.3, 0.4) is 0 Å². The number of amides is 1. The lowest BCUT2D eigenvalue weighted by Crippen LogP contribution is -2.48. The molecule has 0 atom stereocenters. The zero-order valence-electron chi connectivity index (χ0n) is 16.0. The van der Waals surface area contributed by atoms with E-state index in [9.17, 15) is 4.79 Å². The maximum atomic E-state index is 12.4. The number of thiazole rings is 1. The number of carbonyl (C=O) groups excluding carboxylic acids is 1. The van der Waals surface area contributed by atoms with Crippen LogP contribution in [-0.4, -0.2) is 48.5 Å². The fourth-order valence-corrected chi connectivity index (χ4v) is 4.09. The average Bonchev–Trinajstić information content (AvgIpc) is 3.18. The molecule has 0 aliphatic carbocycles. The van der Waals surface area contributed by atoms with Crippen LogP contribution in [-0.2, 0) is 4.79 Å². The molecule has 6 heteroatoms. The molecule has 4 rings (SSSR count). The van der Waals surface area contributed by atoms with E-state index < -0.39 is 0 Å². The van der Waals surface area contributed by atoms with Crippen LogP contribution in [0.5, 0.6) is 0 Å². The number of benzene rings is 2. The van der Waals surface area contributed by atoms with Crippen molar-refractivity contribution in [3.05, 3.63) is 65.5 Å². The predicted octanol–water partition coefficient (Wildman–Crippen LogP) is 3.88. The van der Waals surface area contributed by atoms with Crippen molar-refractivity contribution in [2.75, 3.05) is 42.9 Å². The average molecular weight is 393 g/mol. The summed E-state index contributed by atoms with van der Waals surface area (Å²) in [6, 6.07) is 18.6. The van der Waals surface area contributed by atoms with Gasteiger partial charge < -0.3 is 10.2 Å². The topological polar surface area (TPSA) is 48.5 Å². The summed E-state index contributed by atoms with van der Waals surface area (Å²) in [4.78, 5) is 21.5. The minimum absolute atomic E-state index is 0.00209. The molecule has 2 aromatic carbocycles. The largest absolute Gasteiger partial charge is 0.369 e. The van der Waals surface area contributed by atoms with Crippen molar-refractivity contribution in [3.63, 3.8) is 0 Å². The number of nitrogens with zero attached hydrogens (tertiary/aromatic N) is 3. The van der Waals surface area contributed by atoms with Gasteiger partial charge in [0.15, 0.2) is 5.13 Å². The molecule has 3 aromatic rings. The maximum absolute atomic E-state index is 12.4. The van der Waals surface area contributed by atoms with Crippen molar-refractivity contribution in [1.29, 1.82) is 0 Å². The number of nitrogens with one attached hydrogen (secondary N) is 1. The Kier molecular flexibility index (Phi) is 5.69. The van der Waals surface area contributed by atoms with Gasteiger partial charge in [0.2, 0.25) is 5.91 Å². The third-order valence-electron chi connectivity index (χ3n) is 4.96. The first-order valence-corrected chi connectivity index (χ1v) is 10.4. The van der Waals surface area contributed by atoms with Crippen molar-refractivity contribution < 1.29 is 4.79 Å². The summed E-state index contributed by atoms with van der Waals surface area (Å²) in [6.07, 6.45) is 0. The highest BCUT2D eigenvalue weighted by Gasteiger charge is 2.19. The Balaban J connectivity index is 1.27. The molecule has 1 aliphatic heterocycles. The first-order valence-electron chi connectivity index (χ1n) is 9.52. The van der Waals surface area contributed by atoms with E-state index >= 15 is 0 Å².